The van der Waals surface area contributed by atoms with Crippen LogP contribution in [-0.4, -0.2) is 4.57 Å². The lowest BCUT2D eigenvalue weighted by molar-refractivity contribution is 0.435. The van der Waals surface area contributed by atoms with Crippen LogP contribution in [0.2, 0.25) is 0 Å². The molecule has 1 aromatic heterocycles. The van der Waals surface area contributed by atoms with Crippen molar-refractivity contribution in [1.29, 1.82) is 10.5 Å². The fraction of sp³-hybridized carbons (Fsp3) is 0.403. The van der Waals surface area contributed by atoms with E-state index >= 15 is 0 Å². The largest absolute Gasteiger partial charge is 0.313 e. The third kappa shape index (κ3) is 7.93. The van der Waals surface area contributed by atoms with Gasteiger partial charge in [0.2, 0.25) is 0 Å². The lowest BCUT2D eigenvalue weighted by Gasteiger charge is -2.50. The summed E-state index contributed by atoms with van der Waals surface area (Å²) in [6.07, 6.45) is 14.4. The van der Waals surface area contributed by atoms with Crippen molar-refractivity contribution in [1.82, 2.24) is 4.57 Å². The molecule has 0 spiro atoms. The molecule has 0 N–H and O–H groups in total. The van der Waals surface area contributed by atoms with E-state index in [1.807, 2.05) is 24.3 Å². The average Bonchev–Trinajstić information content (AvgIpc) is 3.69. The van der Waals surface area contributed by atoms with Gasteiger partial charge >= 0.3 is 0 Å². The van der Waals surface area contributed by atoms with Crippen LogP contribution < -0.4 is 4.90 Å². The molecule has 3 aliphatic carbocycles. The minimum absolute atomic E-state index is 0.00564. The second-order valence-electron chi connectivity index (χ2n) is 24.9. The summed E-state index contributed by atoms with van der Waals surface area (Å²) >= 11 is 0. The van der Waals surface area contributed by atoms with Gasteiger partial charge in [0.25, 0.3) is 0 Å². The summed E-state index contributed by atoms with van der Waals surface area (Å²) in [6.45, 7) is 23.5. The van der Waals surface area contributed by atoms with E-state index in [4.69, 9.17) is 0 Å². The molecule has 0 amide bonds. The predicted molar refractivity (Wildman–Crippen MR) is 297 cm³/mol. The van der Waals surface area contributed by atoms with Gasteiger partial charge in [-0.05, 0) is 153 Å². The molecule has 2 aliphatic heterocycles. The minimum atomic E-state index is -0.0251. The van der Waals surface area contributed by atoms with E-state index in [9.17, 15) is 10.5 Å². The van der Waals surface area contributed by atoms with Crippen LogP contribution in [0.1, 0.15) is 196 Å². The number of benzene rings is 6. The first-order valence-corrected chi connectivity index (χ1v) is 27.0. The van der Waals surface area contributed by atoms with Crippen LogP contribution in [0, 0.1) is 28.6 Å². The van der Waals surface area contributed by atoms with Crippen LogP contribution in [0.5, 0.6) is 0 Å². The molecule has 4 heteroatoms. The minimum Gasteiger partial charge on any atom is -0.313 e. The molecule has 2 bridgehead atoms. The van der Waals surface area contributed by atoms with E-state index in [0.717, 1.165) is 36.8 Å². The van der Waals surface area contributed by atoms with Crippen LogP contribution in [0.25, 0.3) is 49.7 Å². The summed E-state index contributed by atoms with van der Waals surface area (Å²) in [5.74, 6) is 1.31. The number of nitrogens with zero attached hydrogens (tertiary/aromatic N) is 4. The molecule has 71 heavy (non-hydrogen) atoms. The van der Waals surface area contributed by atoms with Gasteiger partial charge < -0.3 is 9.47 Å². The molecule has 0 radical (unpaired) electrons. The van der Waals surface area contributed by atoms with E-state index in [1.165, 1.54) is 128 Å². The average molecular weight is 933 g/mol. The maximum absolute atomic E-state index is 10.3. The highest BCUT2D eigenvalue weighted by molar-refractivity contribution is 6.11. The van der Waals surface area contributed by atoms with Crippen molar-refractivity contribution in [2.45, 2.75) is 167 Å². The zero-order valence-electron chi connectivity index (χ0n) is 44.1. The maximum Gasteiger partial charge on any atom is 0.0991 e. The van der Waals surface area contributed by atoms with Crippen molar-refractivity contribution >= 4 is 33.2 Å². The third-order valence-electron chi connectivity index (χ3n) is 17.2. The number of fused-ring (bicyclic) bond motifs is 3. The van der Waals surface area contributed by atoms with E-state index in [2.05, 4.69) is 176 Å². The van der Waals surface area contributed by atoms with Gasteiger partial charge in [0.15, 0.2) is 0 Å². The molecule has 2 atom stereocenters. The number of hydrogen-bond acceptors (Lipinski definition) is 3. The standard InChI is InChI=1S/C67H72N4/c1-41-51-38-58(41)71(55-32-29-48(35-52(51)55)65(2,3)4)64-61(46-25-21-42(39-68)22-26-46)59(44-17-13-11-14-18-44)63(60(45-19-15-12-16-20-45)62(64)47-27-23-43(40-69)24-28-47)70-56-33-30-49(66(5,6)7)36-53(56)54-37-50(67(8,9)10)31-34-57(54)70/h21-38,41,44-45,51H,11-20H2,1-10H3/t41-,51?/m1/s1. The lowest BCUT2D eigenvalue weighted by atomic mass is 9.68. The lowest BCUT2D eigenvalue weighted by Crippen LogP contribution is -2.39. The Labute approximate surface area is 424 Å². The molecule has 7 aromatic rings. The monoisotopic (exact) mass is 933 g/mol. The number of hydrogen-bond donors (Lipinski definition) is 0. The van der Waals surface area contributed by atoms with Crippen molar-refractivity contribution in [3.8, 4) is 40.1 Å². The van der Waals surface area contributed by atoms with Gasteiger partial charge in [0, 0.05) is 45.1 Å². The maximum atomic E-state index is 10.3. The van der Waals surface area contributed by atoms with Gasteiger partial charge in [-0.25, -0.2) is 0 Å². The molecular weight excluding hydrogens is 861 g/mol. The summed E-state index contributed by atoms with van der Waals surface area (Å²) in [5, 5.41) is 23.2. The fourth-order valence-corrected chi connectivity index (χ4v) is 13.1. The third-order valence-corrected chi connectivity index (χ3v) is 17.2. The van der Waals surface area contributed by atoms with Gasteiger partial charge in [0.05, 0.1) is 45.7 Å². The quantitative estimate of drug-likeness (QED) is 0.167. The van der Waals surface area contributed by atoms with Gasteiger partial charge in [-0.15, -0.1) is 0 Å². The van der Waals surface area contributed by atoms with Crippen LogP contribution in [-0.2, 0) is 16.2 Å². The van der Waals surface area contributed by atoms with E-state index < -0.39 is 0 Å². The van der Waals surface area contributed by atoms with Crippen LogP contribution in [0.15, 0.2) is 115 Å². The van der Waals surface area contributed by atoms with Gasteiger partial charge in [-0.3, -0.25) is 0 Å². The summed E-state index contributed by atoms with van der Waals surface area (Å²) in [6, 6.07) is 44.2. The Morgan fingerprint density at radius 2 is 0.915 bits per heavy atom. The van der Waals surface area contributed by atoms with Crippen molar-refractivity contribution in [3.63, 3.8) is 0 Å². The Balaban J connectivity index is 1.40. The summed E-state index contributed by atoms with van der Waals surface area (Å²) in [7, 11) is 0. The van der Waals surface area contributed by atoms with Gasteiger partial charge in [0.1, 0.15) is 0 Å². The van der Waals surface area contributed by atoms with Crippen molar-refractivity contribution in [3.05, 3.63) is 159 Å². The van der Waals surface area contributed by atoms with E-state index in [0.29, 0.717) is 34.8 Å². The molecule has 0 saturated heterocycles. The molecule has 2 saturated carbocycles. The van der Waals surface area contributed by atoms with E-state index in [-0.39, 0.29) is 16.2 Å². The number of rotatable bonds is 6. The molecule has 12 rings (SSSR count). The first kappa shape index (κ1) is 47.0. The topological polar surface area (TPSA) is 55.8 Å². The number of nitriles is 2. The highest BCUT2D eigenvalue weighted by Gasteiger charge is 2.46. The number of aromatic nitrogens is 1. The van der Waals surface area contributed by atoms with Gasteiger partial charge in [-0.2, -0.15) is 10.5 Å². The second-order valence-corrected chi connectivity index (χ2v) is 24.9. The highest BCUT2D eigenvalue weighted by Crippen LogP contribution is 2.63. The van der Waals surface area contributed by atoms with Crippen LogP contribution in [0.4, 0.5) is 11.4 Å². The Morgan fingerprint density at radius 3 is 1.32 bits per heavy atom. The smallest absolute Gasteiger partial charge is 0.0991 e. The predicted octanol–water partition coefficient (Wildman–Crippen LogP) is 18.6. The number of anilines is 2. The number of allylic oxidation sites excluding steroid dienone is 2. The Morgan fingerprint density at radius 1 is 0.493 bits per heavy atom. The van der Waals surface area contributed by atoms with E-state index in [1.54, 1.807) is 0 Å². The summed E-state index contributed by atoms with van der Waals surface area (Å²) in [5.41, 5.74) is 22.3. The first-order chi connectivity index (χ1) is 34.0. The molecule has 5 aliphatic rings. The summed E-state index contributed by atoms with van der Waals surface area (Å²) in [4.78, 5) is 2.72. The fourth-order valence-electron chi connectivity index (χ4n) is 13.1. The zero-order chi connectivity index (χ0) is 49.7. The Hall–Kier alpha value is -6.36. The molecule has 4 nitrogen and oxygen atoms in total. The second kappa shape index (κ2) is 17.4. The SMILES string of the molecule is C[C@H]1C2=CC1c1cc(C(C)(C)C)ccc1N2c1c(-c2ccc(C#N)cc2)c(C2CCCCC2)c(-n2c3ccc(C(C)(C)C)cc3c3cc(C(C)(C)C)ccc32)c(C2CCCCC2)c1-c1ccc(C#N)cc1. The molecular formula is C67H72N4. The molecule has 6 aromatic carbocycles. The first-order valence-electron chi connectivity index (χ1n) is 27.0. The normalized spacial score (nSPS) is 18.8. The van der Waals surface area contributed by atoms with Gasteiger partial charge in [-0.1, -0.05) is 162 Å². The Bertz CT molecular complexity index is 3180. The van der Waals surface area contributed by atoms with Crippen LogP contribution >= 0.6 is 0 Å². The van der Waals surface area contributed by atoms with Crippen molar-refractivity contribution in [2.75, 3.05) is 4.90 Å². The summed E-state index contributed by atoms with van der Waals surface area (Å²) < 4.78 is 2.75. The Kier molecular flexibility index (Phi) is 11.5. The van der Waals surface area contributed by atoms with Crippen molar-refractivity contribution in [2.24, 2.45) is 5.92 Å². The molecule has 2 fully saturated rings. The zero-order valence-corrected chi connectivity index (χ0v) is 44.1. The highest BCUT2D eigenvalue weighted by atomic mass is 15.2. The molecule has 1 unspecified atom stereocenters. The molecule has 3 heterocycles. The molecule has 360 valence electrons. The van der Waals surface area contributed by atoms with Crippen LogP contribution in [0.3, 0.4) is 0 Å². The van der Waals surface area contributed by atoms with Crippen molar-refractivity contribution < 1.29 is 0 Å².